The third-order valence-corrected chi connectivity index (χ3v) is 4.87. The zero-order valence-electron chi connectivity index (χ0n) is 16.1. The van der Waals surface area contributed by atoms with Gasteiger partial charge < -0.3 is 14.9 Å². The lowest BCUT2D eigenvalue weighted by molar-refractivity contribution is 0.0676. The Morgan fingerprint density at radius 1 is 1.04 bits per heavy atom. The van der Waals surface area contributed by atoms with Gasteiger partial charge in [-0.25, -0.2) is 4.79 Å². The van der Waals surface area contributed by atoms with Crippen LogP contribution in [0.5, 0.6) is 5.75 Å². The first-order chi connectivity index (χ1) is 13.5. The lowest BCUT2D eigenvalue weighted by atomic mass is 9.91. The molecule has 5 nitrogen and oxygen atoms in total. The monoisotopic (exact) mass is 379 g/mol. The van der Waals surface area contributed by atoms with Gasteiger partial charge in [0, 0.05) is 23.2 Å². The van der Waals surface area contributed by atoms with Crippen LogP contribution in [-0.2, 0) is 4.74 Å². The van der Waals surface area contributed by atoms with Gasteiger partial charge in [0.05, 0.1) is 0 Å². The van der Waals surface area contributed by atoms with E-state index in [2.05, 4.69) is 5.32 Å². The van der Waals surface area contributed by atoms with Gasteiger partial charge in [0.25, 0.3) is 0 Å². The fourth-order valence-electron chi connectivity index (χ4n) is 3.30. The molecule has 0 aliphatic carbocycles. The maximum Gasteiger partial charge on any atom is 0.412 e. The molecule has 3 aromatic rings. The molecule has 1 amide bonds. The number of anilines is 1. The number of aliphatic hydroxyl groups is 1. The molecular weight excluding hydrogens is 354 g/mol. The van der Waals surface area contributed by atoms with Crippen LogP contribution < -0.4 is 5.32 Å². The van der Waals surface area contributed by atoms with E-state index in [-0.39, 0.29) is 18.3 Å². The van der Waals surface area contributed by atoms with E-state index in [9.17, 15) is 15.0 Å². The number of aromatic hydroxyl groups is 1. The predicted molar refractivity (Wildman–Crippen MR) is 111 cm³/mol. The average Bonchev–Trinajstić information content (AvgIpc) is 2.69. The molecule has 3 rings (SSSR count). The van der Waals surface area contributed by atoms with Crippen LogP contribution in [0.2, 0.25) is 0 Å². The maximum atomic E-state index is 12.5. The molecular formula is C23H25NO4. The molecule has 0 saturated heterocycles. The van der Waals surface area contributed by atoms with Crippen LogP contribution in [-0.4, -0.2) is 22.9 Å². The van der Waals surface area contributed by atoms with Gasteiger partial charge >= 0.3 is 6.09 Å². The quantitative estimate of drug-likeness (QED) is 0.553. The van der Waals surface area contributed by atoms with Crippen LogP contribution in [0.1, 0.15) is 30.6 Å². The first-order valence-corrected chi connectivity index (χ1v) is 9.35. The van der Waals surface area contributed by atoms with Gasteiger partial charge in [-0.1, -0.05) is 55.0 Å². The van der Waals surface area contributed by atoms with Crippen molar-refractivity contribution < 1.29 is 19.7 Å². The van der Waals surface area contributed by atoms with Gasteiger partial charge in [-0.05, 0) is 42.8 Å². The summed E-state index contributed by atoms with van der Waals surface area (Å²) in [6.45, 7) is 3.91. The summed E-state index contributed by atoms with van der Waals surface area (Å²) >= 11 is 0. The number of aliphatic hydroxyl groups excluding tert-OH is 1. The van der Waals surface area contributed by atoms with Crippen molar-refractivity contribution in [3.8, 4) is 5.75 Å². The summed E-state index contributed by atoms with van der Waals surface area (Å²) in [5, 5.41) is 23.8. The van der Waals surface area contributed by atoms with Crippen molar-refractivity contribution in [2.24, 2.45) is 5.92 Å². The van der Waals surface area contributed by atoms with Crippen molar-refractivity contribution in [1.29, 1.82) is 0 Å². The van der Waals surface area contributed by atoms with Gasteiger partial charge in [-0.2, -0.15) is 0 Å². The van der Waals surface area contributed by atoms with E-state index in [0.29, 0.717) is 17.5 Å². The molecule has 0 bridgehead atoms. The number of hydrogen-bond acceptors (Lipinski definition) is 4. The third-order valence-electron chi connectivity index (χ3n) is 4.87. The van der Waals surface area contributed by atoms with Crippen molar-refractivity contribution >= 4 is 22.6 Å². The fraction of sp³-hybridized carbons (Fsp3) is 0.261. The summed E-state index contributed by atoms with van der Waals surface area (Å²) < 4.78 is 5.79. The molecule has 2 atom stereocenters. The summed E-state index contributed by atoms with van der Waals surface area (Å²) in [4.78, 5) is 12.5. The Kier molecular flexibility index (Phi) is 6.16. The van der Waals surface area contributed by atoms with Crippen molar-refractivity contribution in [1.82, 2.24) is 0 Å². The highest BCUT2D eigenvalue weighted by Crippen LogP contribution is 2.36. The number of benzene rings is 3. The summed E-state index contributed by atoms with van der Waals surface area (Å²) in [6, 6.07) is 18.3. The minimum Gasteiger partial charge on any atom is -0.507 e. The minimum absolute atomic E-state index is 0.00335. The number of hydrogen-bond donors (Lipinski definition) is 3. The van der Waals surface area contributed by atoms with Crippen LogP contribution >= 0.6 is 0 Å². The summed E-state index contributed by atoms with van der Waals surface area (Å²) in [6.07, 6.45) is -0.642. The molecule has 3 N–H and O–H groups in total. The molecule has 0 fully saturated rings. The molecule has 3 aromatic carbocycles. The molecule has 0 heterocycles. The number of phenolic OH excluding ortho intramolecular Hbond substituents is 1. The molecule has 0 aromatic heterocycles. The molecule has 5 heteroatoms. The van der Waals surface area contributed by atoms with Gasteiger partial charge in [0.1, 0.15) is 11.9 Å². The van der Waals surface area contributed by atoms with E-state index in [1.807, 2.05) is 62.4 Å². The Bertz CT molecular complexity index is 952. The number of carbonyl (C=O) groups excluding carboxylic acids is 1. The van der Waals surface area contributed by atoms with Crippen LogP contribution in [0.15, 0.2) is 60.7 Å². The summed E-state index contributed by atoms with van der Waals surface area (Å²) in [7, 11) is 0. The minimum atomic E-state index is -0.567. The smallest absolute Gasteiger partial charge is 0.412 e. The number of nitrogens with one attached hydrogen (secondary N) is 1. The maximum absolute atomic E-state index is 12.5. The van der Waals surface area contributed by atoms with Crippen molar-refractivity contribution in [2.75, 3.05) is 11.9 Å². The standard InChI is InChI=1S/C23H25NO4/c1-15-7-9-17(10-8-15)24-23(27)28-22(16(2)13-14-25)20-11-12-21(26)19-6-4-3-5-18(19)20/h3-12,16,22,25-26H,13-14H2,1-2H3,(H,24,27)/t16-,22-/m1/s1. The number of aryl methyl sites for hydroxylation is 1. The Morgan fingerprint density at radius 2 is 1.71 bits per heavy atom. The molecule has 0 spiro atoms. The topological polar surface area (TPSA) is 78.8 Å². The molecule has 0 aliphatic heterocycles. The number of rotatable bonds is 6. The van der Waals surface area contributed by atoms with Gasteiger partial charge in [-0.3, -0.25) is 5.32 Å². The molecule has 28 heavy (non-hydrogen) atoms. The number of amides is 1. The van der Waals surface area contributed by atoms with E-state index in [1.165, 1.54) is 0 Å². The van der Waals surface area contributed by atoms with E-state index in [0.717, 1.165) is 16.5 Å². The molecule has 146 valence electrons. The predicted octanol–water partition coefficient (Wildman–Crippen LogP) is 5.16. The summed E-state index contributed by atoms with van der Waals surface area (Å²) in [5.74, 6) is 0.0683. The van der Waals surface area contributed by atoms with Crippen LogP contribution in [0, 0.1) is 12.8 Å². The van der Waals surface area contributed by atoms with Gasteiger partial charge in [0.2, 0.25) is 0 Å². The first-order valence-electron chi connectivity index (χ1n) is 9.35. The van der Waals surface area contributed by atoms with E-state index in [1.54, 1.807) is 12.1 Å². The van der Waals surface area contributed by atoms with E-state index in [4.69, 9.17) is 4.74 Å². The molecule has 0 saturated carbocycles. The Morgan fingerprint density at radius 3 is 2.39 bits per heavy atom. The summed E-state index contributed by atoms with van der Waals surface area (Å²) in [5.41, 5.74) is 2.55. The Hall–Kier alpha value is -3.05. The Labute approximate surface area is 164 Å². The highest BCUT2D eigenvalue weighted by molar-refractivity contribution is 5.91. The Balaban J connectivity index is 1.90. The number of carbonyl (C=O) groups is 1. The van der Waals surface area contributed by atoms with Crippen LogP contribution in [0.25, 0.3) is 10.8 Å². The lowest BCUT2D eigenvalue weighted by Gasteiger charge is -2.25. The third kappa shape index (κ3) is 4.43. The number of fused-ring (bicyclic) bond motifs is 1. The fourth-order valence-corrected chi connectivity index (χ4v) is 3.30. The van der Waals surface area contributed by atoms with Crippen LogP contribution in [0.3, 0.4) is 0 Å². The molecule has 0 aliphatic rings. The molecule has 0 unspecified atom stereocenters. The second kappa shape index (κ2) is 8.76. The van der Waals surface area contributed by atoms with E-state index >= 15 is 0 Å². The highest BCUT2D eigenvalue weighted by atomic mass is 16.6. The SMILES string of the molecule is Cc1ccc(NC(=O)O[C@@H](c2ccc(O)c3ccccc23)[C@H](C)CCO)cc1. The van der Waals surface area contributed by atoms with Gasteiger partial charge in [0.15, 0.2) is 0 Å². The first kappa shape index (κ1) is 19.7. The van der Waals surface area contributed by atoms with Crippen molar-refractivity contribution in [3.05, 3.63) is 71.8 Å². The second-order valence-electron chi connectivity index (χ2n) is 7.03. The van der Waals surface area contributed by atoms with Gasteiger partial charge in [-0.15, -0.1) is 0 Å². The largest absolute Gasteiger partial charge is 0.507 e. The molecule has 0 radical (unpaired) electrons. The van der Waals surface area contributed by atoms with E-state index < -0.39 is 12.2 Å². The zero-order chi connectivity index (χ0) is 20.1. The zero-order valence-corrected chi connectivity index (χ0v) is 16.1. The number of phenols is 1. The highest BCUT2D eigenvalue weighted by Gasteiger charge is 2.26. The average molecular weight is 379 g/mol. The normalized spacial score (nSPS) is 13.1. The lowest BCUT2D eigenvalue weighted by Crippen LogP contribution is -2.22. The van der Waals surface area contributed by atoms with Crippen molar-refractivity contribution in [2.45, 2.75) is 26.4 Å². The van der Waals surface area contributed by atoms with Crippen LogP contribution in [0.4, 0.5) is 10.5 Å². The number of ether oxygens (including phenoxy) is 1. The van der Waals surface area contributed by atoms with Crippen molar-refractivity contribution in [3.63, 3.8) is 0 Å². The second-order valence-corrected chi connectivity index (χ2v) is 7.03.